The first-order valence-electron chi connectivity index (χ1n) is 10.5. The lowest BCUT2D eigenvalue weighted by Crippen LogP contribution is -2.30. The lowest BCUT2D eigenvalue weighted by atomic mass is 10.0. The van der Waals surface area contributed by atoms with Gasteiger partial charge in [-0.2, -0.15) is 0 Å². The minimum absolute atomic E-state index is 0.00901. The fraction of sp³-hybridized carbons (Fsp3) is 0.565. The molecule has 0 bridgehead atoms. The van der Waals surface area contributed by atoms with Crippen molar-refractivity contribution in [1.29, 1.82) is 0 Å². The molecule has 1 N–H and O–H groups in total. The molecule has 0 spiro atoms. The fourth-order valence-corrected chi connectivity index (χ4v) is 2.76. The van der Waals surface area contributed by atoms with E-state index in [0.717, 1.165) is 5.56 Å². The van der Waals surface area contributed by atoms with Crippen molar-refractivity contribution in [3.05, 3.63) is 29.8 Å². The van der Waals surface area contributed by atoms with Crippen molar-refractivity contribution in [1.82, 2.24) is 4.90 Å². The number of benzene rings is 1. The van der Waals surface area contributed by atoms with Gasteiger partial charge in [-0.15, -0.1) is 0 Å². The van der Waals surface area contributed by atoms with E-state index in [1.54, 1.807) is 17.0 Å². The Balaban J connectivity index is 0.00000379. The average molecular weight is 405 g/mol. The topological polar surface area (TPSA) is 83.6 Å². The summed E-state index contributed by atoms with van der Waals surface area (Å²) in [5.41, 5.74) is 1.67. The zero-order chi connectivity index (χ0) is 22.2. The van der Waals surface area contributed by atoms with Gasteiger partial charge in [0.05, 0.1) is 6.42 Å². The molecule has 0 saturated heterocycles. The molecule has 0 heterocycles. The van der Waals surface area contributed by atoms with Crippen LogP contribution in [0.15, 0.2) is 24.3 Å². The van der Waals surface area contributed by atoms with Gasteiger partial charge in [0.1, 0.15) is 11.6 Å². The van der Waals surface area contributed by atoms with Gasteiger partial charge in [-0.3, -0.25) is 19.2 Å². The number of hydrogen-bond donors (Lipinski definition) is 1. The van der Waals surface area contributed by atoms with Crippen LogP contribution < -0.4 is 5.32 Å². The van der Waals surface area contributed by atoms with Crippen molar-refractivity contribution in [3.63, 3.8) is 0 Å². The number of nitrogens with one attached hydrogen (secondary N) is 1. The molecule has 0 aromatic heterocycles. The van der Waals surface area contributed by atoms with Crippen molar-refractivity contribution in [2.45, 2.75) is 73.1 Å². The first-order chi connectivity index (χ1) is 13.8. The number of Topliss-reactive ketones (excluding diaryl/α,β-unsaturated/α-hetero) is 2. The number of anilines is 1. The van der Waals surface area contributed by atoms with Gasteiger partial charge >= 0.3 is 0 Å². The Morgan fingerprint density at radius 3 is 2.00 bits per heavy atom. The maximum absolute atomic E-state index is 12.0. The molecule has 2 amide bonds. The van der Waals surface area contributed by atoms with Gasteiger partial charge in [-0.25, -0.2) is 0 Å². The van der Waals surface area contributed by atoms with Crippen molar-refractivity contribution < 1.29 is 19.2 Å². The maximum atomic E-state index is 12.0. The number of amides is 2. The second-order valence-corrected chi connectivity index (χ2v) is 6.58. The van der Waals surface area contributed by atoms with E-state index in [0.29, 0.717) is 50.9 Å². The minimum atomic E-state index is -0.119. The standard InChI is InChI=1S/C21H30N2O4.C2H6/c1-4-23(5-2)21(27)8-6-7-20(26)22-18-12-9-17(10-13-18)11-14-19(25)15-16(3)24;1-2/h9-10,12-13H,4-8,11,14-15H2,1-3H3,(H,22,26);1-2H3. The predicted octanol–water partition coefficient (Wildman–Crippen LogP) is 4.17. The van der Waals surface area contributed by atoms with Crippen molar-refractivity contribution in [2.24, 2.45) is 0 Å². The largest absolute Gasteiger partial charge is 0.343 e. The number of hydrogen-bond acceptors (Lipinski definition) is 4. The maximum Gasteiger partial charge on any atom is 0.224 e. The van der Waals surface area contributed by atoms with Gasteiger partial charge in [-0.1, -0.05) is 26.0 Å². The third-order valence-corrected chi connectivity index (χ3v) is 4.29. The third-order valence-electron chi connectivity index (χ3n) is 4.29. The van der Waals surface area contributed by atoms with Gasteiger partial charge in [0.25, 0.3) is 0 Å². The molecule has 0 aliphatic rings. The summed E-state index contributed by atoms with van der Waals surface area (Å²) in [5, 5.41) is 2.82. The predicted molar refractivity (Wildman–Crippen MR) is 117 cm³/mol. The van der Waals surface area contributed by atoms with Crippen LogP contribution in [0.5, 0.6) is 0 Å². The zero-order valence-electron chi connectivity index (χ0n) is 18.5. The molecule has 1 rings (SSSR count). The Kier molecular flexibility index (Phi) is 14.1. The first kappa shape index (κ1) is 26.5. The zero-order valence-corrected chi connectivity index (χ0v) is 18.5. The monoisotopic (exact) mass is 404 g/mol. The summed E-state index contributed by atoms with van der Waals surface area (Å²) in [6, 6.07) is 7.31. The highest BCUT2D eigenvalue weighted by Crippen LogP contribution is 2.13. The van der Waals surface area contributed by atoms with Gasteiger partial charge in [-0.05, 0) is 51.3 Å². The van der Waals surface area contributed by atoms with Crippen LogP contribution in [-0.2, 0) is 25.6 Å². The van der Waals surface area contributed by atoms with E-state index in [1.807, 2.05) is 39.8 Å². The summed E-state index contributed by atoms with van der Waals surface area (Å²) >= 11 is 0. The second-order valence-electron chi connectivity index (χ2n) is 6.58. The van der Waals surface area contributed by atoms with Crippen LogP contribution in [0.3, 0.4) is 0 Å². The SMILES string of the molecule is CC.CCN(CC)C(=O)CCCC(=O)Nc1ccc(CCC(=O)CC(C)=O)cc1. The molecule has 0 fully saturated rings. The molecule has 162 valence electrons. The van der Waals surface area contributed by atoms with Crippen LogP contribution in [0.4, 0.5) is 5.69 Å². The normalized spacial score (nSPS) is 9.83. The Morgan fingerprint density at radius 1 is 0.897 bits per heavy atom. The first-order valence-corrected chi connectivity index (χ1v) is 10.5. The summed E-state index contributed by atoms with van der Waals surface area (Å²) in [7, 11) is 0. The summed E-state index contributed by atoms with van der Waals surface area (Å²) in [4.78, 5) is 48.1. The molecule has 0 aliphatic heterocycles. The molecule has 1 aromatic rings. The molecule has 0 atom stereocenters. The molecule has 1 aromatic carbocycles. The minimum Gasteiger partial charge on any atom is -0.343 e. The summed E-state index contributed by atoms with van der Waals surface area (Å²) < 4.78 is 0. The van der Waals surface area contributed by atoms with Gasteiger partial charge in [0, 0.05) is 38.0 Å². The number of rotatable bonds is 12. The number of carbonyl (C=O) groups excluding carboxylic acids is 4. The molecular formula is C23H36N2O4. The van der Waals surface area contributed by atoms with E-state index in [9.17, 15) is 19.2 Å². The summed E-state index contributed by atoms with van der Waals surface area (Å²) in [6.45, 7) is 10.7. The Morgan fingerprint density at radius 2 is 1.48 bits per heavy atom. The highest BCUT2D eigenvalue weighted by Gasteiger charge is 2.11. The smallest absolute Gasteiger partial charge is 0.224 e. The van der Waals surface area contributed by atoms with Crippen molar-refractivity contribution >= 4 is 29.1 Å². The van der Waals surface area contributed by atoms with Gasteiger partial charge in [0.2, 0.25) is 11.8 Å². The highest BCUT2D eigenvalue weighted by molar-refractivity contribution is 5.98. The van der Waals surface area contributed by atoms with Crippen LogP contribution in [0.1, 0.15) is 72.3 Å². The average Bonchev–Trinajstić information content (AvgIpc) is 2.69. The van der Waals surface area contributed by atoms with E-state index in [-0.39, 0.29) is 29.8 Å². The van der Waals surface area contributed by atoms with Crippen LogP contribution >= 0.6 is 0 Å². The third kappa shape index (κ3) is 11.8. The van der Waals surface area contributed by atoms with Crippen LogP contribution in [0.25, 0.3) is 0 Å². The lowest BCUT2D eigenvalue weighted by molar-refractivity contribution is -0.131. The van der Waals surface area contributed by atoms with Crippen molar-refractivity contribution in [2.75, 3.05) is 18.4 Å². The summed E-state index contributed by atoms with van der Waals surface area (Å²) in [6.07, 6.45) is 2.11. The van der Waals surface area contributed by atoms with Crippen LogP contribution in [0.2, 0.25) is 0 Å². The second kappa shape index (κ2) is 15.4. The van der Waals surface area contributed by atoms with E-state index in [2.05, 4.69) is 5.32 Å². The molecule has 0 radical (unpaired) electrons. The number of aryl methyl sites for hydroxylation is 1. The molecule has 6 heteroatoms. The van der Waals surface area contributed by atoms with E-state index in [4.69, 9.17) is 0 Å². The molecular weight excluding hydrogens is 368 g/mol. The lowest BCUT2D eigenvalue weighted by Gasteiger charge is -2.18. The number of ketones is 2. The Hall–Kier alpha value is -2.50. The molecule has 0 saturated carbocycles. The van der Waals surface area contributed by atoms with Crippen LogP contribution in [0, 0.1) is 0 Å². The highest BCUT2D eigenvalue weighted by atomic mass is 16.2. The van der Waals surface area contributed by atoms with Gasteiger partial charge < -0.3 is 10.2 Å². The Labute approximate surface area is 175 Å². The van der Waals surface area contributed by atoms with Gasteiger partial charge in [0.15, 0.2) is 0 Å². The van der Waals surface area contributed by atoms with E-state index < -0.39 is 0 Å². The summed E-state index contributed by atoms with van der Waals surface area (Å²) in [5.74, 6) is -0.209. The molecule has 0 unspecified atom stereocenters. The van der Waals surface area contributed by atoms with E-state index >= 15 is 0 Å². The van der Waals surface area contributed by atoms with E-state index in [1.165, 1.54) is 6.92 Å². The molecule has 29 heavy (non-hydrogen) atoms. The fourth-order valence-electron chi connectivity index (χ4n) is 2.76. The number of nitrogens with zero attached hydrogens (tertiary/aromatic N) is 1. The molecule has 0 aliphatic carbocycles. The van der Waals surface area contributed by atoms with Crippen LogP contribution in [-0.4, -0.2) is 41.4 Å². The Bertz CT molecular complexity index is 649. The number of carbonyl (C=O) groups is 4. The molecule has 6 nitrogen and oxygen atoms in total. The van der Waals surface area contributed by atoms with Crippen molar-refractivity contribution in [3.8, 4) is 0 Å². The quantitative estimate of drug-likeness (QED) is 0.530.